The van der Waals surface area contributed by atoms with E-state index in [0.717, 1.165) is 38.6 Å². The molecule has 2 fully saturated rings. The van der Waals surface area contributed by atoms with Crippen LogP contribution < -0.4 is 10.6 Å². The van der Waals surface area contributed by atoms with Gasteiger partial charge >= 0.3 is 12.1 Å². The number of halogens is 4. The predicted molar refractivity (Wildman–Crippen MR) is 104 cm³/mol. The number of carbonyl (C=O) groups is 1. The van der Waals surface area contributed by atoms with Gasteiger partial charge in [0.1, 0.15) is 18.0 Å². The summed E-state index contributed by atoms with van der Waals surface area (Å²) >= 11 is 0. The van der Waals surface area contributed by atoms with Gasteiger partial charge in [0, 0.05) is 5.69 Å². The van der Waals surface area contributed by atoms with Crippen molar-refractivity contribution in [3.05, 3.63) is 53.1 Å². The quantitative estimate of drug-likeness (QED) is 0.389. The highest BCUT2D eigenvalue weighted by Crippen LogP contribution is 2.47. The highest BCUT2D eigenvalue weighted by molar-refractivity contribution is 5.90. The van der Waals surface area contributed by atoms with Gasteiger partial charge in [-0.2, -0.15) is 18.4 Å². The van der Waals surface area contributed by atoms with E-state index in [-0.39, 0.29) is 17.4 Å². The van der Waals surface area contributed by atoms with Crippen LogP contribution in [0.15, 0.2) is 30.5 Å². The first-order valence-corrected chi connectivity index (χ1v) is 9.72. The number of benzene rings is 1. The lowest BCUT2D eigenvalue weighted by molar-refractivity contribution is -0.138. The number of pyridine rings is 1. The second kappa shape index (κ2) is 7.94. The Morgan fingerprint density at radius 2 is 2.06 bits per heavy atom. The molecule has 2 aromatic rings. The van der Waals surface area contributed by atoms with Crippen LogP contribution >= 0.6 is 0 Å². The third-order valence-corrected chi connectivity index (χ3v) is 5.66. The van der Waals surface area contributed by atoms with Crippen LogP contribution in [0.1, 0.15) is 40.9 Å². The highest BCUT2D eigenvalue weighted by Gasteiger charge is 2.58. The standard InChI is InChI=1S/C21H18F4N4O3/c1-31-19(30)13-4-3-11(8-15(13)22)29-20(5-2-6-20)17-18(32-17)28-12-7-14(21(23,24)25)16(9-26)27-10-12/h3-4,7-8,10,17-18,28-29H,2,5-6H2,1H3. The Kier molecular flexibility index (Phi) is 5.42. The Labute approximate surface area is 180 Å². The van der Waals surface area contributed by atoms with Crippen molar-refractivity contribution in [1.82, 2.24) is 4.98 Å². The van der Waals surface area contributed by atoms with E-state index in [1.165, 1.54) is 18.2 Å². The van der Waals surface area contributed by atoms with Gasteiger partial charge in [-0.25, -0.2) is 14.2 Å². The fourth-order valence-electron chi connectivity index (χ4n) is 3.85. The number of nitrogens with zero attached hydrogens (tertiary/aromatic N) is 2. The second-order valence-electron chi connectivity index (χ2n) is 7.67. The summed E-state index contributed by atoms with van der Waals surface area (Å²) in [6.07, 6.45) is -2.17. The minimum absolute atomic E-state index is 0.0757. The lowest BCUT2D eigenvalue weighted by Gasteiger charge is -2.42. The molecular weight excluding hydrogens is 432 g/mol. The summed E-state index contributed by atoms with van der Waals surface area (Å²) < 4.78 is 63.9. The van der Waals surface area contributed by atoms with Crippen molar-refractivity contribution in [2.45, 2.75) is 43.3 Å². The monoisotopic (exact) mass is 450 g/mol. The number of carbonyl (C=O) groups excluding carboxylic acids is 1. The van der Waals surface area contributed by atoms with Crippen molar-refractivity contribution in [3.63, 3.8) is 0 Å². The van der Waals surface area contributed by atoms with Crippen LogP contribution in [0.25, 0.3) is 0 Å². The molecule has 2 N–H and O–H groups in total. The van der Waals surface area contributed by atoms with Crippen molar-refractivity contribution < 1.29 is 31.8 Å². The Morgan fingerprint density at radius 1 is 1.31 bits per heavy atom. The van der Waals surface area contributed by atoms with Gasteiger partial charge in [0.05, 0.1) is 35.7 Å². The van der Waals surface area contributed by atoms with E-state index in [1.807, 2.05) is 0 Å². The maximum absolute atomic E-state index is 14.3. The molecule has 0 amide bonds. The first kappa shape index (κ1) is 21.8. The largest absolute Gasteiger partial charge is 0.465 e. The smallest absolute Gasteiger partial charge is 0.419 e. The molecule has 1 aliphatic heterocycles. The third-order valence-electron chi connectivity index (χ3n) is 5.66. The zero-order valence-corrected chi connectivity index (χ0v) is 16.8. The summed E-state index contributed by atoms with van der Waals surface area (Å²) in [5.74, 6) is -1.51. The van der Waals surface area contributed by atoms with Crippen LogP contribution in [-0.2, 0) is 15.7 Å². The number of epoxide rings is 1. The van der Waals surface area contributed by atoms with Crippen LogP contribution in [0.5, 0.6) is 0 Å². The van der Waals surface area contributed by atoms with Crippen molar-refractivity contribution in [2.24, 2.45) is 0 Å². The van der Waals surface area contributed by atoms with E-state index in [1.54, 1.807) is 6.07 Å². The average Bonchev–Trinajstić information content (AvgIpc) is 3.48. The van der Waals surface area contributed by atoms with E-state index in [4.69, 9.17) is 10.00 Å². The molecule has 11 heteroatoms. The zero-order valence-electron chi connectivity index (χ0n) is 16.8. The van der Waals surface area contributed by atoms with E-state index < -0.39 is 41.0 Å². The molecule has 2 unspecified atom stereocenters. The van der Waals surface area contributed by atoms with Crippen LogP contribution in [0.3, 0.4) is 0 Å². The predicted octanol–water partition coefficient (Wildman–Crippen LogP) is 4.07. The van der Waals surface area contributed by atoms with Gasteiger partial charge < -0.3 is 20.1 Å². The van der Waals surface area contributed by atoms with Gasteiger partial charge in [-0.05, 0) is 43.5 Å². The van der Waals surface area contributed by atoms with Crippen molar-refractivity contribution in [1.29, 1.82) is 5.26 Å². The molecule has 0 radical (unpaired) electrons. The normalized spacial score (nSPS) is 21.1. The summed E-state index contributed by atoms with van der Waals surface area (Å²) in [6.45, 7) is 0. The molecule has 1 aromatic carbocycles. The first-order valence-electron chi connectivity index (χ1n) is 9.72. The highest BCUT2D eigenvalue weighted by atomic mass is 19.4. The van der Waals surface area contributed by atoms with E-state index in [9.17, 15) is 22.4 Å². The number of hydrogen-bond acceptors (Lipinski definition) is 7. The topological polar surface area (TPSA) is 99.6 Å². The lowest BCUT2D eigenvalue weighted by atomic mass is 9.73. The van der Waals surface area contributed by atoms with E-state index in [2.05, 4.69) is 20.4 Å². The molecule has 1 saturated carbocycles. The number of esters is 1. The van der Waals surface area contributed by atoms with Gasteiger partial charge in [0.15, 0.2) is 11.9 Å². The Balaban J connectivity index is 1.47. The maximum atomic E-state index is 14.3. The van der Waals surface area contributed by atoms with Gasteiger partial charge in [-0.3, -0.25) is 0 Å². The first-order chi connectivity index (χ1) is 15.2. The van der Waals surface area contributed by atoms with Crippen molar-refractivity contribution >= 4 is 17.3 Å². The van der Waals surface area contributed by atoms with E-state index >= 15 is 0 Å². The van der Waals surface area contributed by atoms with Crippen LogP contribution in [0, 0.1) is 17.1 Å². The molecular formula is C21H18F4N4O3. The Morgan fingerprint density at radius 3 is 2.62 bits per heavy atom. The number of ether oxygens (including phenoxy) is 2. The maximum Gasteiger partial charge on any atom is 0.419 e. The van der Waals surface area contributed by atoms with Gasteiger partial charge in [-0.1, -0.05) is 0 Å². The number of methoxy groups -OCH3 is 1. The summed E-state index contributed by atoms with van der Waals surface area (Å²) in [4.78, 5) is 15.1. The van der Waals surface area contributed by atoms with Gasteiger partial charge in [0.25, 0.3) is 0 Å². The minimum atomic E-state index is -4.71. The zero-order chi connectivity index (χ0) is 23.1. The van der Waals surface area contributed by atoms with Gasteiger partial charge in [0.2, 0.25) is 0 Å². The summed E-state index contributed by atoms with van der Waals surface area (Å²) in [6, 6.07) is 6.33. The molecule has 7 nitrogen and oxygen atoms in total. The number of alkyl halides is 3. The average molecular weight is 450 g/mol. The number of rotatable bonds is 6. The fraction of sp³-hybridized carbons (Fsp3) is 0.381. The summed E-state index contributed by atoms with van der Waals surface area (Å²) in [7, 11) is 1.16. The minimum Gasteiger partial charge on any atom is -0.465 e. The lowest BCUT2D eigenvalue weighted by Crippen LogP contribution is -2.51. The molecule has 2 atom stereocenters. The summed E-state index contributed by atoms with van der Waals surface area (Å²) in [5.41, 5.74) is -2.01. The molecule has 0 bridgehead atoms. The Bertz CT molecular complexity index is 1100. The molecule has 2 aliphatic rings. The Hall–Kier alpha value is -3.39. The molecule has 168 valence electrons. The SMILES string of the molecule is COC(=O)c1ccc(NC2(C3OC3Nc3cnc(C#N)c(C(F)(F)F)c3)CCC2)cc1F. The molecule has 1 saturated heterocycles. The number of nitriles is 1. The number of aromatic nitrogens is 1. The molecule has 4 rings (SSSR count). The number of hydrogen-bond donors (Lipinski definition) is 2. The fourth-order valence-corrected chi connectivity index (χ4v) is 3.85. The van der Waals surface area contributed by atoms with Crippen LogP contribution in [-0.4, -0.2) is 35.9 Å². The molecule has 0 spiro atoms. The molecule has 32 heavy (non-hydrogen) atoms. The van der Waals surface area contributed by atoms with E-state index in [0.29, 0.717) is 5.69 Å². The van der Waals surface area contributed by atoms with Gasteiger partial charge in [-0.15, -0.1) is 0 Å². The molecule has 2 heterocycles. The number of anilines is 2. The molecule has 1 aromatic heterocycles. The van der Waals surface area contributed by atoms with Crippen molar-refractivity contribution in [2.75, 3.05) is 17.7 Å². The number of nitrogens with one attached hydrogen (secondary N) is 2. The summed E-state index contributed by atoms with van der Waals surface area (Å²) in [5, 5.41) is 15.0. The van der Waals surface area contributed by atoms with Crippen molar-refractivity contribution in [3.8, 4) is 6.07 Å². The van der Waals surface area contributed by atoms with Crippen LogP contribution in [0.4, 0.5) is 28.9 Å². The molecule has 1 aliphatic carbocycles. The van der Waals surface area contributed by atoms with Crippen LogP contribution in [0.2, 0.25) is 0 Å². The second-order valence-corrected chi connectivity index (χ2v) is 7.67. The third kappa shape index (κ3) is 4.05.